The van der Waals surface area contributed by atoms with Crippen molar-refractivity contribution in [2.45, 2.75) is 95.1 Å². The van der Waals surface area contributed by atoms with E-state index >= 15 is 0 Å². The molecule has 0 fully saturated rings. The fraction of sp³-hybridized carbons (Fsp3) is 0.455. The SMILES string of the molecule is CC(C)(C)OC(=O)CN(C(=O)OC(C)(C)C)c1cccc(C(N)(Cc2ccc(C(C)(C)C)cc2)S(=O)(=O)c2cccnc2)n1. The molecule has 1 atom stereocenters. The van der Waals surface area contributed by atoms with Crippen molar-refractivity contribution in [1.82, 2.24) is 9.97 Å². The molecular weight excluding hydrogens is 580 g/mol. The summed E-state index contributed by atoms with van der Waals surface area (Å²) in [6.45, 7) is 15.9. The minimum atomic E-state index is -4.30. The van der Waals surface area contributed by atoms with E-state index in [4.69, 9.17) is 15.2 Å². The number of nitrogens with zero attached hydrogens (tertiary/aromatic N) is 3. The standard InChI is InChI=1S/C33H44N4O6S/c1-30(2,3)24-17-15-23(16-18-24)20-33(34,44(40,41)25-12-11-19-35-21-25)26-13-10-14-27(36-26)37(29(39)43-32(7,8)9)22-28(38)42-31(4,5)6/h10-19,21H,20,22,34H2,1-9H3. The van der Waals surface area contributed by atoms with E-state index < -0.39 is 44.5 Å². The molecule has 11 heteroatoms. The number of sulfone groups is 1. The van der Waals surface area contributed by atoms with Gasteiger partial charge >= 0.3 is 12.1 Å². The van der Waals surface area contributed by atoms with E-state index in [1.165, 1.54) is 42.7 Å². The van der Waals surface area contributed by atoms with E-state index in [-0.39, 0.29) is 28.2 Å². The molecule has 3 aromatic rings. The van der Waals surface area contributed by atoms with Crippen molar-refractivity contribution in [2.75, 3.05) is 11.4 Å². The van der Waals surface area contributed by atoms with Gasteiger partial charge in [0.1, 0.15) is 23.6 Å². The summed E-state index contributed by atoms with van der Waals surface area (Å²) in [5.41, 5.74) is 6.83. The second-order valence-electron chi connectivity index (χ2n) is 13.7. The lowest BCUT2D eigenvalue weighted by molar-refractivity contribution is -0.153. The lowest BCUT2D eigenvalue weighted by atomic mass is 9.86. The van der Waals surface area contributed by atoms with Gasteiger partial charge in [-0.1, -0.05) is 51.1 Å². The molecule has 0 aliphatic heterocycles. The highest BCUT2D eigenvalue weighted by molar-refractivity contribution is 7.92. The Hall–Kier alpha value is -3.83. The second-order valence-corrected chi connectivity index (χ2v) is 15.9. The van der Waals surface area contributed by atoms with E-state index in [1.807, 2.05) is 24.3 Å². The van der Waals surface area contributed by atoms with Crippen molar-refractivity contribution in [3.05, 3.63) is 83.8 Å². The monoisotopic (exact) mass is 624 g/mol. The molecule has 2 aromatic heterocycles. The molecule has 0 radical (unpaired) electrons. The smallest absolute Gasteiger partial charge is 0.416 e. The predicted molar refractivity (Wildman–Crippen MR) is 170 cm³/mol. The molecule has 0 bridgehead atoms. The number of nitrogens with two attached hydrogens (primary N) is 1. The fourth-order valence-corrected chi connectivity index (χ4v) is 5.96. The van der Waals surface area contributed by atoms with Crippen LogP contribution in [0.5, 0.6) is 0 Å². The van der Waals surface area contributed by atoms with E-state index in [1.54, 1.807) is 41.5 Å². The molecule has 1 aromatic carbocycles. The molecule has 0 aliphatic rings. The van der Waals surface area contributed by atoms with Crippen molar-refractivity contribution < 1.29 is 27.5 Å². The summed E-state index contributed by atoms with van der Waals surface area (Å²) in [5, 5.41) is 0. The third kappa shape index (κ3) is 8.63. The van der Waals surface area contributed by atoms with Crippen LogP contribution in [0.4, 0.5) is 10.6 Å². The lowest BCUT2D eigenvalue weighted by Gasteiger charge is -2.31. The van der Waals surface area contributed by atoms with Crippen LogP contribution in [0.15, 0.2) is 71.9 Å². The van der Waals surface area contributed by atoms with Crippen LogP contribution in [0.25, 0.3) is 0 Å². The van der Waals surface area contributed by atoms with E-state index in [2.05, 4.69) is 30.7 Å². The van der Waals surface area contributed by atoms with E-state index in [9.17, 15) is 18.0 Å². The molecule has 2 N–H and O–H groups in total. The summed E-state index contributed by atoms with van der Waals surface area (Å²) in [4.78, 5) is 33.6. The molecular formula is C33H44N4O6S. The van der Waals surface area contributed by atoms with Crippen molar-refractivity contribution in [2.24, 2.45) is 5.73 Å². The van der Waals surface area contributed by atoms with Crippen LogP contribution < -0.4 is 10.6 Å². The molecule has 0 aliphatic carbocycles. The number of hydrogen-bond donors (Lipinski definition) is 1. The van der Waals surface area contributed by atoms with Crippen molar-refractivity contribution in [3.8, 4) is 0 Å². The normalized spacial score (nSPS) is 14.0. The number of amides is 1. The minimum absolute atomic E-state index is 0.0260. The van der Waals surface area contributed by atoms with Crippen LogP contribution in [0.1, 0.15) is 79.1 Å². The molecule has 10 nitrogen and oxygen atoms in total. The Balaban J connectivity index is 2.17. The van der Waals surface area contributed by atoms with Gasteiger partial charge in [0.2, 0.25) is 9.84 Å². The first kappa shape index (κ1) is 34.7. The van der Waals surface area contributed by atoms with Gasteiger partial charge in [0.25, 0.3) is 0 Å². The van der Waals surface area contributed by atoms with Gasteiger partial charge < -0.3 is 15.2 Å². The van der Waals surface area contributed by atoms with Gasteiger partial charge in [-0.3, -0.25) is 14.7 Å². The first-order valence-electron chi connectivity index (χ1n) is 14.4. The predicted octanol–water partition coefficient (Wildman–Crippen LogP) is 5.69. The Kier molecular flexibility index (Phi) is 9.96. The average molecular weight is 625 g/mol. The molecule has 1 amide bonds. The van der Waals surface area contributed by atoms with Gasteiger partial charge in [-0.05, 0) is 82.3 Å². The zero-order valence-electron chi connectivity index (χ0n) is 27.0. The number of ether oxygens (including phenoxy) is 2. The Morgan fingerprint density at radius 3 is 1.98 bits per heavy atom. The Bertz CT molecular complexity index is 1570. The lowest BCUT2D eigenvalue weighted by Crippen LogP contribution is -2.48. The maximum Gasteiger partial charge on any atom is 0.416 e. The molecule has 0 saturated carbocycles. The summed E-state index contributed by atoms with van der Waals surface area (Å²) < 4.78 is 39.5. The maximum atomic E-state index is 14.2. The van der Waals surface area contributed by atoms with Gasteiger partial charge in [-0.2, -0.15) is 0 Å². The third-order valence-electron chi connectivity index (χ3n) is 6.48. The molecule has 2 heterocycles. The maximum absolute atomic E-state index is 14.2. The van der Waals surface area contributed by atoms with Crippen molar-refractivity contribution >= 4 is 27.7 Å². The molecule has 238 valence electrons. The zero-order chi connectivity index (χ0) is 33.1. The number of anilines is 1. The van der Waals surface area contributed by atoms with Crippen LogP contribution in [0.2, 0.25) is 0 Å². The second kappa shape index (κ2) is 12.6. The molecule has 1 unspecified atom stereocenters. The van der Waals surface area contributed by atoms with E-state index in [0.29, 0.717) is 5.56 Å². The number of benzene rings is 1. The van der Waals surface area contributed by atoms with E-state index in [0.717, 1.165) is 10.5 Å². The van der Waals surface area contributed by atoms with Crippen LogP contribution in [-0.4, -0.2) is 48.2 Å². The Morgan fingerprint density at radius 2 is 1.45 bits per heavy atom. The van der Waals surface area contributed by atoms with Crippen LogP contribution in [0, 0.1) is 0 Å². The minimum Gasteiger partial charge on any atom is -0.459 e. The van der Waals surface area contributed by atoms with Gasteiger partial charge in [0.15, 0.2) is 4.87 Å². The van der Waals surface area contributed by atoms with Gasteiger partial charge in [0, 0.05) is 18.8 Å². The Labute approximate surface area is 260 Å². The van der Waals surface area contributed by atoms with Crippen LogP contribution >= 0.6 is 0 Å². The van der Waals surface area contributed by atoms with Crippen molar-refractivity contribution in [1.29, 1.82) is 0 Å². The van der Waals surface area contributed by atoms with Gasteiger partial charge in [0.05, 0.1) is 10.6 Å². The summed E-state index contributed by atoms with van der Waals surface area (Å²) in [6, 6.07) is 15.0. The summed E-state index contributed by atoms with van der Waals surface area (Å²) in [7, 11) is -4.30. The molecule has 0 saturated heterocycles. The van der Waals surface area contributed by atoms with Crippen molar-refractivity contribution in [3.63, 3.8) is 0 Å². The number of pyridine rings is 2. The number of esters is 1. The summed E-state index contributed by atoms with van der Waals surface area (Å²) in [6.07, 6.45) is 1.71. The number of carbonyl (C=O) groups excluding carboxylic acids is 2. The quantitative estimate of drug-likeness (QED) is 0.313. The summed E-state index contributed by atoms with van der Waals surface area (Å²) >= 11 is 0. The third-order valence-corrected chi connectivity index (χ3v) is 8.65. The fourth-order valence-electron chi connectivity index (χ4n) is 4.33. The first-order valence-corrected chi connectivity index (χ1v) is 15.8. The Morgan fingerprint density at radius 1 is 0.841 bits per heavy atom. The topological polar surface area (TPSA) is 142 Å². The largest absolute Gasteiger partial charge is 0.459 e. The number of hydrogen-bond acceptors (Lipinski definition) is 9. The first-order chi connectivity index (χ1) is 20.1. The highest BCUT2D eigenvalue weighted by atomic mass is 32.2. The molecule has 3 rings (SSSR count). The number of rotatable bonds is 8. The van der Waals surface area contributed by atoms with Gasteiger partial charge in [-0.15, -0.1) is 0 Å². The van der Waals surface area contributed by atoms with Crippen LogP contribution in [0.3, 0.4) is 0 Å². The molecule has 44 heavy (non-hydrogen) atoms. The van der Waals surface area contributed by atoms with Crippen LogP contribution in [-0.2, 0) is 40.8 Å². The summed E-state index contributed by atoms with van der Waals surface area (Å²) in [5.74, 6) is -0.724. The number of aromatic nitrogens is 2. The highest BCUT2D eigenvalue weighted by Crippen LogP contribution is 2.35. The highest BCUT2D eigenvalue weighted by Gasteiger charge is 2.45. The number of carbonyl (C=O) groups is 2. The molecule has 0 spiro atoms. The average Bonchev–Trinajstić information content (AvgIpc) is 2.90. The van der Waals surface area contributed by atoms with Gasteiger partial charge in [-0.25, -0.2) is 18.2 Å². The zero-order valence-corrected chi connectivity index (χ0v) is 27.9.